The smallest absolute Gasteiger partial charge is 0.219 e. The monoisotopic (exact) mass is 394 g/mol. The summed E-state index contributed by atoms with van der Waals surface area (Å²) < 4.78 is 35.6. The fraction of sp³-hybridized carbons (Fsp3) is 0.250. The number of carbonyl (C=O) groups is 1. The number of aromatic nitrogens is 2. The Morgan fingerprint density at radius 2 is 1.86 bits per heavy atom. The van der Waals surface area contributed by atoms with Crippen LogP contribution in [0.25, 0.3) is 32.8 Å². The number of piperazine rings is 1. The van der Waals surface area contributed by atoms with Crippen LogP contribution in [0.15, 0.2) is 28.7 Å². The molecule has 1 aliphatic heterocycles. The molecular weight excluding hydrogens is 377 g/mol. The molecule has 0 bridgehead atoms. The lowest BCUT2D eigenvalue weighted by Crippen LogP contribution is -2.48. The number of halogens is 2. The van der Waals surface area contributed by atoms with E-state index in [1.807, 2.05) is 4.90 Å². The molecule has 1 fully saturated rings. The number of nitrogens with zero attached hydrogens (tertiary/aromatic N) is 4. The van der Waals surface area contributed by atoms with Crippen molar-refractivity contribution in [2.75, 3.05) is 31.1 Å². The van der Waals surface area contributed by atoms with Crippen molar-refractivity contribution in [1.82, 2.24) is 14.9 Å². The Labute approximate surface area is 165 Å². The minimum Gasteiger partial charge on any atom is -0.456 e. The largest absolute Gasteiger partial charge is 0.456 e. The van der Waals surface area contributed by atoms with Gasteiger partial charge in [-0.25, -0.2) is 18.7 Å². The molecule has 3 heterocycles. The Kier molecular flexibility index (Phi) is 3.94. The van der Waals surface area contributed by atoms with E-state index in [-0.39, 0.29) is 33.4 Å². The van der Waals surface area contributed by atoms with Crippen molar-refractivity contribution in [2.45, 2.75) is 6.92 Å². The van der Waals surface area contributed by atoms with Crippen molar-refractivity contribution in [1.29, 1.82) is 0 Å². The first-order chi connectivity index (χ1) is 13.9. The molecule has 0 unspecified atom stereocenters. The number of hydrogen-bond donors (Lipinski definition) is 0. The number of fused-ring (bicyclic) bond motifs is 4. The Balaban J connectivity index is 1.73. The van der Waals surface area contributed by atoms with Crippen LogP contribution in [-0.2, 0) is 4.79 Å². The first kappa shape index (κ1) is 17.8. The minimum absolute atomic E-state index is 0.0328. The van der Waals surface area contributed by atoms with Crippen LogP contribution in [0.1, 0.15) is 6.92 Å². The molecule has 0 spiro atoms. The van der Waals surface area contributed by atoms with Crippen LogP contribution in [0.5, 0.6) is 0 Å². The maximum Gasteiger partial charge on any atom is 0.219 e. The maximum atomic E-state index is 15.5. The predicted octanol–water partition coefficient (Wildman–Crippen LogP) is 1.73. The van der Waals surface area contributed by atoms with E-state index in [0.717, 1.165) is 0 Å². The lowest BCUT2D eigenvalue weighted by Gasteiger charge is -2.35. The zero-order valence-electron chi connectivity index (χ0n) is 16.0. The maximum absolute atomic E-state index is 15.5. The second-order valence-electron chi connectivity index (χ2n) is 7.26. The van der Waals surface area contributed by atoms with E-state index in [1.165, 1.54) is 12.1 Å². The number of rotatable bonds is 1. The third-order valence-corrected chi connectivity index (χ3v) is 5.46. The average molecular weight is 394 g/mol. The second kappa shape index (κ2) is 6.40. The van der Waals surface area contributed by atoms with Crippen molar-refractivity contribution in [3.05, 3.63) is 35.9 Å². The fourth-order valence-electron chi connectivity index (χ4n) is 4.03. The van der Waals surface area contributed by atoms with Gasteiger partial charge < -0.3 is 14.2 Å². The standard InChI is InChI=1S/C20H17BF2N4O2/c1-10(28)26-5-7-27(8-6-26)19-11-9-14-16(17(23)18(11)24-20(21)25-19)15-12(22)3-2-4-13(15)29-14/h2-4,9H,5-8,21H2,1H3. The highest BCUT2D eigenvalue weighted by Crippen LogP contribution is 2.37. The van der Waals surface area contributed by atoms with Crippen molar-refractivity contribution >= 4 is 58.1 Å². The molecule has 1 amide bonds. The summed E-state index contributed by atoms with van der Waals surface area (Å²) in [7, 11) is 1.70. The molecule has 9 heteroatoms. The van der Waals surface area contributed by atoms with Crippen LogP contribution < -0.4 is 10.6 Å². The summed E-state index contributed by atoms with van der Waals surface area (Å²) >= 11 is 0. The van der Waals surface area contributed by atoms with E-state index < -0.39 is 11.6 Å². The van der Waals surface area contributed by atoms with Gasteiger partial charge in [0.25, 0.3) is 0 Å². The van der Waals surface area contributed by atoms with E-state index in [2.05, 4.69) is 9.97 Å². The molecule has 146 valence electrons. The lowest BCUT2D eigenvalue weighted by molar-refractivity contribution is -0.129. The van der Waals surface area contributed by atoms with Gasteiger partial charge in [0.2, 0.25) is 5.91 Å². The molecule has 0 atom stereocenters. The Bertz CT molecular complexity index is 1300. The van der Waals surface area contributed by atoms with Gasteiger partial charge in [0.15, 0.2) is 13.7 Å². The molecule has 0 radical (unpaired) electrons. The van der Waals surface area contributed by atoms with E-state index in [1.54, 1.807) is 31.8 Å². The van der Waals surface area contributed by atoms with Crippen molar-refractivity contribution in [3.63, 3.8) is 0 Å². The quantitative estimate of drug-likeness (QED) is 0.461. The number of carbonyl (C=O) groups excluding carboxylic acids is 1. The van der Waals surface area contributed by atoms with Crippen molar-refractivity contribution < 1.29 is 18.0 Å². The molecule has 5 rings (SSSR count). The Morgan fingerprint density at radius 3 is 2.59 bits per heavy atom. The van der Waals surface area contributed by atoms with Crippen LogP contribution in [0.3, 0.4) is 0 Å². The molecule has 1 saturated heterocycles. The second-order valence-corrected chi connectivity index (χ2v) is 7.26. The summed E-state index contributed by atoms with van der Waals surface area (Å²) in [5.41, 5.74) is 1.11. The summed E-state index contributed by atoms with van der Waals surface area (Å²) in [5, 5.41) is 0.724. The van der Waals surface area contributed by atoms with Crippen molar-refractivity contribution in [3.8, 4) is 0 Å². The van der Waals surface area contributed by atoms with Crippen LogP contribution >= 0.6 is 0 Å². The van der Waals surface area contributed by atoms with E-state index in [0.29, 0.717) is 43.1 Å². The molecule has 0 N–H and O–H groups in total. The van der Waals surface area contributed by atoms with Gasteiger partial charge in [-0.15, -0.1) is 0 Å². The minimum atomic E-state index is -0.615. The highest BCUT2D eigenvalue weighted by atomic mass is 19.1. The Hall–Kier alpha value is -3.23. The lowest BCUT2D eigenvalue weighted by atomic mass is 10.1. The zero-order chi connectivity index (χ0) is 20.3. The van der Waals surface area contributed by atoms with Crippen LogP contribution in [0, 0.1) is 11.6 Å². The van der Waals surface area contributed by atoms with Gasteiger partial charge in [-0.05, 0) is 18.2 Å². The molecular formula is C20H17BF2N4O2. The molecule has 0 aliphatic carbocycles. The van der Waals surface area contributed by atoms with Gasteiger partial charge in [-0.2, -0.15) is 0 Å². The molecule has 4 aromatic rings. The van der Waals surface area contributed by atoms with Gasteiger partial charge in [0.1, 0.15) is 28.3 Å². The molecule has 0 saturated carbocycles. The van der Waals surface area contributed by atoms with Crippen LogP contribution in [0.4, 0.5) is 14.6 Å². The highest BCUT2D eigenvalue weighted by Gasteiger charge is 2.25. The number of furan rings is 1. The summed E-state index contributed by atoms with van der Waals surface area (Å²) in [6, 6.07) is 6.11. The Morgan fingerprint density at radius 1 is 1.10 bits per heavy atom. The molecule has 1 aliphatic rings. The van der Waals surface area contributed by atoms with E-state index in [9.17, 15) is 9.18 Å². The predicted molar refractivity (Wildman–Crippen MR) is 109 cm³/mol. The van der Waals surface area contributed by atoms with E-state index in [4.69, 9.17) is 4.42 Å². The van der Waals surface area contributed by atoms with Gasteiger partial charge in [0, 0.05) is 38.5 Å². The SMILES string of the molecule is Bc1nc(N2CCN(C(C)=O)CC2)c2cc3oc4cccc(F)c4c3c(F)c2n1. The average Bonchev–Trinajstić information content (AvgIpc) is 3.08. The van der Waals surface area contributed by atoms with Gasteiger partial charge in [-0.1, -0.05) is 6.07 Å². The number of anilines is 1. The topological polar surface area (TPSA) is 62.5 Å². The summed E-state index contributed by atoms with van der Waals surface area (Å²) in [6.45, 7) is 3.85. The number of benzene rings is 2. The number of hydrogen-bond acceptors (Lipinski definition) is 5. The highest BCUT2D eigenvalue weighted by molar-refractivity contribution is 6.30. The molecule has 2 aromatic carbocycles. The summed E-state index contributed by atoms with van der Waals surface area (Å²) in [5.74, 6) is -0.524. The third-order valence-electron chi connectivity index (χ3n) is 5.46. The van der Waals surface area contributed by atoms with Gasteiger partial charge in [0.05, 0.1) is 16.5 Å². The molecule has 6 nitrogen and oxygen atoms in total. The van der Waals surface area contributed by atoms with Gasteiger partial charge >= 0.3 is 0 Å². The van der Waals surface area contributed by atoms with Crippen LogP contribution in [-0.4, -0.2) is 54.8 Å². The molecule has 2 aromatic heterocycles. The van der Waals surface area contributed by atoms with Crippen molar-refractivity contribution in [2.24, 2.45) is 0 Å². The normalized spacial score (nSPS) is 15.0. The number of amides is 1. The zero-order valence-corrected chi connectivity index (χ0v) is 16.0. The summed E-state index contributed by atoms with van der Waals surface area (Å²) in [6.07, 6.45) is 0. The third kappa shape index (κ3) is 2.72. The van der Waals surface area contributed by atoms with E-state index >= 15 is 4.39 Å². The first-order valence-corrected chi connectivity index (χ1v) is 9.42. The van der Waals surface area contributed by atoms with Crippen LogP contribution in [0.2, 0.25) is 0 Å². The first-order valence-electron chi connectivity index (χ1n) is 9.42. The summed E-state index contributed by atoms with van der Waals surface area (Å²) in [4.78, 5) is 24.2. The molecule has 29 heavy (non-hydrogen) atoms. The van der Waals surface area contributed by atoms with Gasteiger partial charge in [-0.3, -0.25) is 4.79 Å². The fourth-order valence-corrected chi connectivity index (χ4v) is 4.03.